The van der Waals surface area contributed by atoms with Crippen LogP contribution >= 0.6 is 22.9 Å². The van der Waals surface area contributed by atoms with Gasteiger partial charge in [0.1, 0.15) is 5.75 Å². The van der Waals surface area contributed by atoms with E-state index in [1.165, 1.54) is 11.3 Å². The van der Waals surface area contributed by atoms with Crippen molar-refractivity contribution in [1.29, 1.82) is 5.26 Å². The normalized spacial score (nSPS) is 13.6. The molecule has 0 atom stereocenters. The Labute approximate surface area is 210 Å². The quantitative estimate of drug-likeness (QED) is 0.372. The fourth-order valence-corrected chi connectivity index (χ4v) is 4.51. The second kappa shape index (κ2) is 9.58. The van der Waals surface area contributed by atoms with Gasteiger partial charge in [0.15, 0.2) is 6.61 Å². The molecule has 0 bridgehead atoms. The molecule has 1 aliphatic heterocycles. The summed E-state index contributed by atoms with van der Waals surface area (Å²) in [6, 6.07) is 22.3. The number of anilines is 1. The van der Waals surface area contributed by atoms with Gasteiger partial charge in [-0.05, 0) is 67.1 Å². The standard InChI is InChI=1S/C26H18ClN5O2S/c1-16(18-4-2-17(13-28)3-5-18)31-32-23(15-35-26(32)29-21-9-7-20(27)8-10-21)19-6-11-24-22(12-19)30-25(33)14-34-24/h2-12,15H,14H2,1H3,(H,30,33). The van der Waals surface area contributed by atoms with Crippen LogP contribution in [0.1, 0.15) is 18.1 Å². The third-order valence-electron chi connectivity index (χ3n) is 5.33. The molecule has 1 aromatic heterocycles. The van der Waals surface area contributed by atoms with E-state index in [0.29, 0.717) is 26.8 Å². The van der Waals surface area contributed by atoms with Gasteiger partial charge in [-0.1, -0.05) is 23.7 Å². The summed E-state index contributed by atoms with van der Waals surface area (Å²) in [5, 5.41) is 19.4. The van der Waals surface area contributed by atoms with Crippen LogP contribution < -0.4 is 14.9 Å². The number of thiazole rings is 1. The summed E-state index contributed by atoms with van der Waals surface area (Å²) in [5.41, 5.74) is 5.23. The van der Waals surface area contributed by atoms with Gasteiger partial charge in [-0.15, -0.1) is 11.3 Å². The molecule has 0 radical (unpaired) electrons. The van der Waals surface area contributed by atoms with Crippen LogP contribution in [0.25, 0.3) is 11.3 Å². The van der Waals surface area contributed by atoms with E-state index < -0.39 is 0 Å². The minimum atomic E-state index is -0.194. The lowest BCUT2D eigenvalue weighted by molar-refractivity contribution is -0.118. The molecule has 1 amide bonds. The largest absolute Gasteiger partial charge is 0.482 e. The number of halogens is 1. The zero-order valence-electron chi connectivity index (χ0n) is 18.5. The monoisotopic (exact) mass is 499 g/mol. The van der Waals surface area contributed by atoms with E-state index in [4.69, 9.17) is 31.7 Å². The molecule has 0 unspecified atom stereocenters. The summed E-state index contributed by atoms with van der Waals surface area (Å²) < 4.78 is 7.27. The highest BCUT2D eigenvalue weighted by Crippen LogP contribution is 2.33. The molecule has 0 fully saturated rings. The molecule has 35 heavy (non-hydrogen) atoms. The van der Waals surface area contributed by atoms with Gasteiger partial charge in [-0.2, -0.15) is 10.4 Å². The van der Waals surface area contributed by atoms with Crippen molar-refractivity contribution >= 4 is 45.9 Å². The third-order valence-corrected chi connectivity index (χ3v) is 6.39. The van der Waals surface area contributed by atoms with Crippen molar-refractivity contribution in [3.05, 3.63) is 93.1 Å². The summed E-state index contributed by atoms with van der Waals surface area (Å²) in [6.45, 7) is 1.91. The first kappa shape index (κ1) is 22.6. The fourth-order valence-electron chi connectivity index (χ4n) is 3.53. The Hall–Kier alpha value is -4.19. The van der Waals surface area contributed by atoms with Crippen molar-refractivity contribution in [2.24, 2.45) is 10.1 Å². The van der Waals surface area contributed by atoms with Crippen LogP contribution in [-0.2, 0) is 4.79 Å². The molecule has 4 aromatic rings. The summed E-state index contributed by atoms with van der Waals surface area (Å²) in [4.78, 5) is 17.3. The Morgan fingerprint density at radius 3 is 2.66 bits per heavy atom. The average Bonchev–Trinajstić information content (AvgIpc) is 3.26. The molecule has 0 aliphatic carbocycles. The Morgan fingerprint density at radius 1 is 1.14 bits per heavy atom. The van der Waals surface area contributed by atoms with Crippen LogP contribution in [0, 0.1) is 11.3 Å². The zero-order chi connectivity index (χ0) is 24.4. The number of hydrogen-bond donors (Lipinski definition) is 1. The van der Waals surface area contributed by atoms with E-state index in [1.54, 1.807) is 28.9 Å². The maximum Gasteiger partial charge on any atom is 0.262 e. The van der Waals surface area contributed by atoms with Gasteiger partial charge in [-0.25, -0.2) is 9.67 Å². The van der Waals surface area contributed by atoms with Crippen molar-refractivity contribution in [2.45, 2.75) is 6.92 Å². The highest BCUT2D eigenvalue weighted by molar-refractivity contribution is 7.07. The summed E-state index contributed by atoms with van der Waals surface area (Å²) in [6.07, 6.45) is 0. The van der Waals surface area contributed by atoms with Gasteiger partial charge in [0.05, 0.1) is 34.4 Å². The topological polar surface area (TPSA) is 91.8 Å². The number of aromatic nitrogens is 1. The number of ether oxygens (including phenoxy) is 1. The zero-order valence-corrected chi connectivity index (χ0v) is 20.1. The molecule has 5 rings (SSSR count). The fraction of sp³-hybridized carbons (Fsp3) is 0.0769. The number of carbonyl (C=O) groups excluding carboxylic acids is 1. The Kier molecular flexibility index (Phi) is 6.19. The molecule has 2 heterocycles. The van der Waals surface area contributed by atoms with E-state index in [0.717, 1.165) is 28.2 Å². The van der Waals surface area contributed by atoms with Crippen LogP contribution in [0.4, 0.5) is 11.4 Å². The SMILES string of the molecule is CC(=Nn1c(-c2ccc3c(c2)NC(=O)CO3)csc1=Nc1ccc(Cl)cc1)c1ccc(C#N)cc1. The van der Waals surface area contributed by atoms with Crippen LogP contribution in [0.15, 0.2) is 82.2 Å². The average molecular weight is 500 g/mol. The van der Waals surface area contributed by atoms with Gasteiger partial charge in [0, 0.05) is 16.0 Å². The van der Waals surface area contributed by atoms with Crippen LogP contribution in [0.2, 0.25) is 5.02 Å². The number of nitrogens with zero attached hydrogens (tertiary/aromatic N) is 4. The molecule has 172 valence electrons. The maximum absolute atomic E-state index is 11.8. The lowest BCUT2D eigenvalue weighted by atomic mass is 10.1. The van der Waals surface area contributed by atoms with Crippen LogP contribution in [0.3, 0.4) is 0 Å². The molecule has 0 spiro atoms. The number of amides is 1. The van der Waals surface area contributed by atoms with Crippen molar-refractivity contribution in [1.82, 2.24) is 4.68 Å². The second-order valence-corrected chi connectivity index (χ2v) is 9.00. The second-order valence-electron chi connectivity index (χ2n) is 7.73. The molecule has 7 nitrogen and oxygen atoms in total. The number of carbonyl (C=O) groups is 1. The molecule has 3 aromatic carbocycles. The molecular formula is C26H18ClN5O2S. The van der Waals surface area contributed by atoms with E-state index >= 15 is 0 Å². The molecule has 1 aliphatic rings. The van der Waals surface area contributed by atoms with Crippen LogP contribution in [0.5, 0.6) is 5.75 Å². The highest BCUT2D eigenvalue weighted by atomic mass is 35.5. The minimum Gasteiger partial charge on any atom is -0.482 e. The number of rotatable bonds is 4. The van der Waals surface area contributed by atoms with Crippen molar-refractivity contribution in [3.63, 3.8) is 0 Å². The van der Waals surface area contributed by atoms with Crippen LogP contribution in [-0.4, -0.2) is 22.9 Å². The van der Waals surface area contributed by atoms with Gasteiger partial charge in [-0.3, -0.25) is 4.79 Å². The number of nitriles is 1. The maximum atomic E-state index is 11.8. The van der Waals surface area contributed by atoms with Crippen molar-refractivity contribution in [3.8, 4) is 23.1 Å². The predicted molar refractivity (Wildman–Crippen MR) is 137 cm³/mol. The van der Waals surface area contributed by atoms with E-state index in [-0.39, 0.29) is 12.5 Å². The molecule has 0 saturated heterocycles. The van der Waals surface area contributed by atoms with E-state index in [2.05, 4.69) is 11.4 Å². The number of fused-ring (bicyclic) bond motifs is 1. The highest BCUT2D eigenvalue weighted by Gasteiger charge is 2.18. The summed E-state index contributed by atoms with van der Waals surface area (Å²) in [7, 11) is 0. The number of benzene rings is 3. The number of nitrogens with one attached hydrogen (secondary N) is 1. The first-order chi connectivity index (χ1) is 17.0. The predicted octanol–water partition coefficient (Wildman–Crippen LogP) is 5.58. The smallest absolute Gasteiger partial charge is 0.262 e. The molecular weight excluding hydrogens is 482 g/mol. The Bertz CT molecular complexity index is 1560. The first-order valence-electron chi connectivity index (χ1n) is 10.6. The van der Waals surface area contributed by atoms with Gasteiger partial charge in [0.2, 0.25) is 4.80 Å². The first-order valence-corrected chi connectivity index (χ1v) is 11.9. The Balaban J connectivity index is 1.64. The minimum absolute atomic E-state index is 0.00297. The summed E-state index contributed by atoms with van der Waals surface area (Å²) in [5.74, 6) is 0.430. The molecule has 0 saturated carbocycles. The van der Waals surface area contributed by atoms with E-state index in [9.17, 15) is 4.79 Å². The molecule has 9 heteroatoms. The summed E-state index contributed by atoms with van der Waals surface area (Å²) >= 11 is 7.48. The lowest BCUT2D eigenvalue weighted by Gasteiger charge is -2.18. The molecule has 1 N–H and O–H groups in total. The van der Waals surface area contributed by atoms with Crippen molar-refractivity contribution < 1.29 is 9.53 Å². The third kappa shape index (κ3) is 4.87. The lowest BCUT2D eigenvalue weighted by Crippen LogP contribution is -2.25. The van der Waals surface area contributed by atoms with Gasteiger partial charge < -0.3 is 10.1 Å². The van der Waals surface area contributed by atoms with Gasteiger partial charge in [0.25, 0.3) is 5.91 Å². The van der Waals surface area contributed by atoms with Gasteiger partial charge >= 0.3 is 0 Å². The van der Waals surface area contributed by atoms with E-state index in [1.807, 2.05) is 54.8 Å². The Morgan fingerprint density at radius 2 is 1.91 bits per heavy atom. The van der Waals surface area contributed by atoms with Crippen molar-refractivity contribution in [2.75, 3.05) is 11.9 Å². The number of hydrogen-bond acceptors (Lipinski definition) is 6.